The summed E-state index contributed by atoms with van der Waals surface area (Å²) in [6.45, 7) is 2.13. The number of benzene rings is 5. The van der Waals surface area contributed by atoms with E-state index in [1.54, 1.807) is 0 Å². The lowest BCUT2D eigenvalue weighted by atomic mass is 9.99. The van der Waals surface area contributed by atoms with Crippen LogP contribution in [0.4, 0.5) is 17.1 Å². The monoisotopic (exact) mass is 453 g/mol. The predicted octanol–water partition coefficient (Wildman–Crippen LogP) is 8.75. The molecule has 0 atom stereocenters. The number of rotatable bonds is 5. The van der Waals surface area contributed by atoms with Crippen LogP contribution < -0.4 is 9.64 Å². The summed E-state index contributed by atoms with van der Waals surface area (Å²) in [6.07, 6.45) is 1.89. The smallest absolute Gasteiger partial charge is 0.151 e. The third-order valence-electron chi connectivity index (χ3n) is 6.59. The molecule has 5 aromatic carbocycles. The van der Waals surface area contributed by atoms with Gasteiger partial charge >= 0.3 is 0 Å². The third kappa shape index (κ3) is 4.43. The zero-order chi connectivity index (χ0) is 23.6. The second-order valence-electron chi connectivity index (χ2n) is 9.20. The van der Waals surface area contributed by atoms with Crippen LogP contribution in [0.3, 0.4) is 0 Å². The van der Waals surface area contributed by atoms with Crippen molar-refractivity contribution in [3.8, 4) is 11.5 Å². The van der Waals surface area contributed by atoms with Crippen LogP contribution >= 0.6 is 0 Å². The summed E-state index contributed by atoms with van der Waals surface area (Å²) in [6, 6.07) is 43.1. The van der Waals surface area contributed by atoms with Crippen LogP contribution in [0.2, 0.25) is 0 Å². The summed E-state index contributed by atoms with van der Waals surface area (Å²) in [5.74, 6) is 1.75. The molecule has 2 heteroatoms. The standard InChI is InChI=1S/C33H27NO/c1-24-10-12-25(13-11-24)22-26-14-16-27(17-15-26)23-28-18-20-29(21-19-28)34-30-6-2-4-8-32(30)35-33-9-5-3-7-31(33)34/h2-21H,22-23H2,1H3. The quantitative estimate of drug-likeness (QED) is 0.259. The van der Waals surface area contributed by atoms with Gasteiger partial charge in [0.1, 0.15) is 0 Å². The number of aryl methyl sites for hydroxylation is 1. The minimum atomic E-state index is 0.876. The normalized spacial score (nSPS) is 12.0. The fourth-order valence-electron chi connectivity index (χ4n) is 4.70. The maximum Gasteiger partial charge on any atom is 0.151 e. The van der Waals surface area contributed by atoms with E-state index in [1.165, 1.54) is 27.8 Å². The van der Waals surface area contributed by atoms with Gasteiger partial charge in [-0.2, -0.15) is 0 Å². The lowest BCUT2D eigenvalue weighted by molar-refractivity contribution is 0.477. The highest BCUT2D eigenvalue weighted by atomic mass is 16.5. The van der Waals surface area contributed by atoms with Crippen LogP contribution in [0.5, 0.6) is 11.5 Å². The molecule has 0 aliphatic carbocycles. The van der Waals surface area contributed by atoms with Gasteiger partial charge in [-0.3, -0.25) is 0 Å². The van der Waals surface area contributed by atoms with E-state index in [0.29, 0.717) is 0 Å². The summed E-state index contributed by atoms with van der Waals surface area (Å²) in [5.41, 5.74) is 9.87. The van der Waals surface area contributed by atoms with E-state index in [1.807, 2.05) is 24.3 Å². The van der Waals surface area contributed by atoms with E-state index in [4.69, 9.17) is 4.74 Å². The highest BCUT2D eigenvalue weighted by Crippen LogP contribution is 2.49. The molecule has 2 nitrogen and oxygen atoms in total. The molecule has 1 aliphatic rings. The molecule has 0 aromatic heterocycles. The van der Waals surface area contributed by atoms with Crippen LogP contribution in [0.15, 0.2) is 121 Å². The molecule has 0 spiro atoms. The van der Waals surface area contributed by atoms with Crippen LogP contribution in [0.1, 0.15) is 27.8 Å². The van der Waals surface area contributed by atoms with Gasteiger partial charge in [0.25, 0.3) is 0 Å². The average Bonchev–Trinajstić information content (AvgIpc) is 2.90. The van der Waals surface area contributed by atoms with Crippen LogP contribution in [0.25, 0.3) is 0 Å². The topological polar surface area (TPSA) is 12.5 Å². The summed E-state index contributed by atoms with van der Waals surface area (Å²) >= 11 is 0. The minimum absolute atomic E-state index is 0.876. The minimum Gasteiger partial charge on any atom is -0.453 e. The number of hydrogen-bond donors (Lipinski definition) is 0. The lowest BCUT2D eigenvalue weighted by Gasteiger charge is -2.32. The molecule has 1 aliphatic heterocycles. The molecule has 0 radical (unpaired) electrons. The van der Waals surface area contributed by atoms with Crippen molar-refractivity contribution in [1.82, 2.24) is 0 Å². The van der Waals surface area contributed by atoms with Crippen molar-refractivity contribution < 1.29 is 4.74 Å². The summed E-state index contributed by atoms with van der Waals surface area (Å²) in [4.78, 5) is 2.28. The summed E-state index contributed by atoms with van der Waals surface area (Å²) in [5, 5.41) is 0. The molecule has 170 valence electrons. The van der Waals surface area contributed by atoms with Gasteiger partial charge in [0.15, 0.2) is 11.5 Å². The van der Waals surface area contributed by atoms with Gasteiger partial charge in [-0.15, -0.1) is 0 Å². The average molecular weight is 454 g/mol. The van der Waals surface area contributed by atoms with Crippen molar-refractivity contribution >= 4 is 17.1 Å². The maximum atomic E-state index is 6.14. The Morgan fingerprint density at radius 2 is 0.886 bits per heavy atom. The Kier molecular flexibility index (Phi) is 5.56. The number of anilines is 3. The van der Waals surface area contributed by atoms with Crippen molar-refractivity contribution in [3.63, 3.8) is 0 Å². The van der Waals surface area contributed by atoms with Gasteiger partial charge in [0, 0.05) is 5.69 Å². The Balaban J connectivity index is 1.20. The van der Waals surface area contributed by atoms with E-state index in [9.17, 15) is 0 Å². The van der Waals surface area contributed by atoms with Crippen molar-refractivity contribution in [2.45, 2.75) is 19.8 Å². The van der Waals surface area contributed by atoms with Crippen molar-refractivity contribution in [2.24, 2.45) is 0 Å². The Morgan fingerprint density at radius 1 is 0.486 bits per heavy atom. The first kappa shape index (κ1) is 21.2. The van der Waals surface area contributed by atoms with Crippen molar-refractivity contribution in [3.05, 3.63) is 149 Å². The van der Waals surface area contributed by atoms with E-state index < -0.39 is 0 Å². The second kappa shape index (κ2) is 9.15. The van der Waals surface area contributed by atoms with Gasteiger partial charge in [-0.05, 0) is 78.4 Å². The summed E-state index contributed by atoms with van der Waals surface area (Å²) < 4.78 is 6.14. The van der Waals surface area contributed by atoms with Crippen LogP contribution in [-0.4, -0.2) is 0 Å². The number of ether oxygens (including phenoxy) is 1. The molecule has 0 fully saturated rings. The molecule has 0 N–H and O–H groups in total. The Morgan fingerprint density at radius 3 is 1.37 bits per heavy atom. The third-order valence-corrected chi connectivity index (χ3v) is 6.59. The first-order valence-corrected chi connectivity index (χ1v) is 12.1. The van der Waals surface area contributed by atoms with Gasteiger partial charge in [0.2, 0.25) is 0 Å². The van der Waals surface area contributed by atoms with Crippen molar-refractivity contribution in [1.29, 1.82) is 0 Å². The fraction of sp³-hybridized carbons (Fsp3) is 0.0909. The fourth-order valence-corrected chi connectivity index (χ4v) is 4.70. The van der Waals surface area contributed by atoms with Gasteiger partial charge in [-0.1, -0.05) is 90.5 Å². The number of nitrogens with zero attached hydrogens (tertiary/aromatic N) is 1. The Bertz CT molecular complexity index is 1410. The SMILES string of the molecule is Cc1ccc(Cc2ccc(Cc3ccc(N4c5ccccc5Oc5ccccc54)cc3)cc2)cc1. The largest absolute Gasteiger partial charge is 0.453 e. The molecule has 0 saturated heterocycles. The van der Waals surface area contributed by atoms with E-state index in [0.717, 1.165) is 41.4 Å². The van der Waals surface area contributed by atoms with Crippen LogP contribution in [0, 0.1) is 6.92 Å². The van der Waals surface area contributed by atoms with Gasteiger partial charge in [-0.25, -0.2) is 0 Å². The highest BCUT2D eigenvalue weighted by molar-refractivity contribution is 5.86. The number of para-hydroxylation sites is 4. The molecule has 0 saturated carbocycles. The molecular formula is C33H27NO. The highest BCUT2D eigenvalue weighted by Gasteiger charge is 2.24. The molecule has 35 heavy (non-hydrogen) atoms. The molecule has 6 rings (SSSR count). The second-order valence-corrected chi connectivity index (χ2v) is 9.20. The molecule has 0 bridgehead atoms. The summed E-state index contributed by atoms with van der Waals surface area (Å²) in [7, 11) is 0. The molecule has 0 unspecified atom stereocenters. The van der Waals surface area contributed by atoms with Gasteiger partial charge < -0.3 is 9.64 Å². The Hall–Kier alpha value is -4.30. The lowest BCUT2D eigenvalue weighted by Crippen LogP contribution is -2.15. The molecule has 0 amide bonds. The number of fused-ring (bicyclic) bond motifs is 2. The van der Waals surface area contributed by atoms with Gasteiger partial charge in [0.05, 0.1) is 11.4 Å². The molecule has 1 heterocycles. The van der Waals surface area contributed by atoms with E-state index in [-0.39, 0.29) is 0 Å². The van der Waals surface area contributed by atoms with E-state index >= 15 is 0 Å². The molecular weight excluding hydrogens is 426 g/mol. The van der Waals surface area contributed by atoms with Crippen molar-refractivity contribution in [2.75, 3.05) is 4.90 Å². The first-order chi connectivity index (χ1) is 17.2. The zero-order valence-corrected chi connectivity index (χ0v) is 19.8. The Labute approximate surface area is 207 Å². The first-order valence-electron chi connectivity index (χ1n) is 12.1. The zero-order valence-electron chi connectivity index (χ0n) is 19.8. The number of hydrogen-bond acceptors (Lipinski definition) is 2. The maximum absolute atomic E-state index is 6.14. The predicted molar refractivity (Wildman–Crippen MR) is 144 cm³/mol. The van der Waals surface area contributed by atoms with E-state index in [2.05, 4.69) is 109 Å². The molecule has 5 aromatic rings. The van der Waals surface area contributed by atoms with Crippen LogP contribution in [-0.2, 0) is 12.8 Å².